The van der Waals surface area contributed by atoms with Crippen LogP contribution in [-0.2, 0) is 14.4 Å². The summed E-state index contributed by atoms with van der Waals surface area (Å²) >= 11 is 0. The van der Waals surface area contributed by atoms with E-state index in [0.29, 0.717) is 47.3 Å². The van der Waals surface area contributed by atoms with E-state index < -0.39 is 11.9 Å². The number of piperidine rings is 3. The molecule has 8 rings (SSSR count). The number of likely N-dealkylation sites (tertiary alicyclic amines) is 1. The fourth-order valence-electron chi connectivity index (χ4n) is 9.01. The molecule has 2 aromatic heterocycles. The molecule has 4 aliphatic rings. The summed E-state index contributed by atoms with van der Waals surface area (Å²) in [7, 11) is 0. The van der Waals surface area contributed by atoms with Gasteiger partial charge >= 0.3 is 0 Å². The maximum atomic E-state index is 15.2. The zero-order valence-corrected chi connectivity index (χ0v) is 33.0. The van der Waals surface area contributed by atoms with Crippen LogP contribution in [0.15, 0.2) is 77.9 Å². The summed E-state index contributed by atoms with van der Waals surface area (Å²) in [6, 6.07) is 16.5. The second kappa shape index (κ2) is 18.1. The first-order chi connectivity index (χ1) is 28.6. The molecule has 13 nitrogen and oxygen atoms in total. The largest absolute Gasteiger partial charge is 0.374 e. The highest BCUT2D eigenvalue weighted by Crippen LogP contribution is 2.31. The lowest BCUT2D eigenvalue weighted by molar-refractivity contribution is -0.133. The molecule has 3 aliphatic heterocycles. The number of hydrogen-bond donors (Lipinski definition) is 4. The zero-order valence-electron chi connectivity index (χ0n) is 33.0. The van der Waals surface area contributed by atoms with Crippen LogP contribution >= 0.6 is 0 Å². The fraction of sp³-hybridized carbons (Fsp3) is 0.455. The molecule has 1 aliphatic carbocycles. The predicted octanol–water partition coefficient (Wildman–Crippen LogP) is 5.26. The Morgan fingerprint density at radius 1 is 0.831 bits per heavy atom. The van der Waals surface area contributed by atoms with Crippen molar-refractivity contribution in [3.8, 4) is 16.9 Å². The molecule has 0 spiro atoms. The summed E-state index contributed by atoms with van der Waals surface area (Å²) < 4.78 is 31.7. The lowest BCUT2D eigenvalue weighted by atomic mass is 9.84. The van der Waals surface area contributed by atoms with Gasteiger partial charge < -0.3 is 25.8 Å². The summed E-state index contributed by atoms with van der Waals surface area (Å²) in [5.41, 5.74) is 2.16. The van der Waals surface area contributed by atoms with Crippen molar-refractivity contribution in [1.82, 2.24) is 30.1 Å². The molecule has 0 radical (unpaired) electrons. The smallest absolute Gasteiger partial charge is 0.255 e. The van der Waals surface area contributed by atoms with Crippen LogP contribution in [0.25, 0.3) is 16.9 Å². The van der Waals surface area contributed by atoms with Crippen molar-refractivity contribution in [2.75, 3.05) is 48.3 Å². The van der Waals surface area contributed by atoms with Crippen molar-refractivity contribution in [3.05, 3.63) is 95.0 Å². The standard InChI is InChI=1S/C44H51F2N9O4/c45-35-25-33(48-37-11-13-39(56)51-43(37)59)10-12-38(35)54-21-14-28(15-22-54)27-53-19-16-31(17-20-53)49-42(58)30-6-3-7-32(23-30)50-44-47-26-36(46)41(52-44)29-5-4-8-34(24-29)55-18-2-1-9-40(55)57/h1-2,4-5,8-10,12,18,24-26,28,30-32,37,48H,3,6-7,11,13-17,19-23,27H2,(H,49,58)(H,47,50,52)(H,51,56,59)/t30-,32+,37?/m0/s1. The highest BCUT2D eigenvalue weighted by molar-refractivity contribution is 6.01. The molecule has 4 aromatic rings. The number of halogens is 2. The lowest BCUT2D eigenvalue weighted by Gasteiger charge is -2.39. The highest BCUT2D eigenvalue weighted by Gasteiger charge is 2.32. The fourth-order valence-corrected chi connectivity index (χ4v) is 9.01. The first-order valence-corrected chi connectivity index (χ1v) is 20.9. The van der Waals surface area contributed by atoms with E-state index in [1.165, 1.54) is 16.7 Å². The van der Waals surface area contributed by atoms with E-state index in [4.69, 9.17) is 0 Å². The quantitative estimate of drug-likeness (QED) is 0.148. The second-order valence-corrected chi connectivity index (χ2v) is 16.4. The summed E-state index contributed by atoms with van der Waals surface area (Å²) in [4.78, 5) is 62.8. The Balaban J connectivity index is 0.769. The van der Waals surface area contributed by atoms with Crippen molar-refractivity contribution in [1.29, 1.82) is 0 Å². The van der Waals surface area contributed by atoms with Gasteiger partial charge in [-0.3, -0.25) is 29.1 Å². The van der Waals surface area contributed by atoms with Crippen LogP contribution in [-0.4, -0.2) is 88.0 Å². The minimum Gasteiger partial charge on any atom is -0.374 e. The molecule has 59 heavy (non-hydrogen) atoms. The normalized spacial score (nSPS) is 22.1. The molecule has 2 aromatic carbocycles. The molecular formula is C44H51F2N9O4. The number of anilines is 3. The third kappa shape index (κ3) is 9.78. The van der Waals surface area contributed by atoms with Gasteiger partial charge in [0.25, 0.3) is 5.56 Å². The van der Waals surface area contributed by atoms with Crippen LogP contribution in [0.4, 0.5) is 26.1 Å². The van der Waals surface area contributed by atoms with Crippen LogP contribution in [0.5, 0.6) is 0 Å². The topological polar surface area (TPSA) is 154 Å². The van der Waals surface area contributed by atoms with Gasteiger partial charge in [0.1, 0.15) is 17.6 Å². The number of amides is 3. The molecule has 310 valence electrons. The molecule has 1 unspecified atom stereocenters. The average Bonchev–Trinajstić information content (AvgIpc) is 3.24. The predicted molar refractivity (Wildman–Crippen MR) is 221 cm³/mol. The monoisotopic (exact) mass is 807 g/mol. The van der Waals surface area contributed by atoms with Gasteiger partial charge in [-0.05, 0) is 93.7 Å². The Labute approximate surface area is 342 Å². The molecule has 4 fully saturated rings. The van der Waals surface area contributed by atoms with Crippen LogP contribution in [0.3, 0.4) is 0 Å². The number of nitrogens with zero attached hydrogens (tertiary/aromatic N) is 5. The van der Waals surface area contributed by atoms with E-state index in [9.17, 15) is 19.2 Å². The Kier molecular flexibility index (Phi) is 12.3. The van der Waals surface area contributed by atoms with Crippen LogP contribution in [0.2, 0.25) is 0 Å². The van der Waals surface area contributed by atoms with Gasteiger partial charge in [-0.2, -0.15) is 0 Å². The van der Waals surface area contributed by atoms with Crippen molar-refractivity contribution < 1.29 is 23.2 Å². The Morgan fingerprint density at radius 2 is 1.66 bits per heavy atom. The Morgan fingerprint density at radius 3 is 2.44 bits per heavy atom. The van der Waals surface area contributed by atoms with Gasteiger partial charge in [0, 0.05) is 86.3 Å². The Bertz CT molecular complexity index is 2220. The number of carbonyl (C=O) groups excluding carboxylic acids is 3. The van der Waals surface area contributed by atoms with E-state index in [-0.39, 0.29) is 59.2 Å². The van der Waals surface area contributed by atoms with Gasteiger partial charge in [-0.25, -0.2) is 18.7 Å². The van der Waals surface area contributed by atoms with Gasteiger partial charge in [0.05, 0.1) is 11.9 Å². The number of rotatable bonds is 11. The number of imide groups is 1. The van der Waals surface area contributed by atoms with Crippen LogP contribution in [0.1, 0.15) is 64.2 Å². The van der Waals surface area contributed by atoms with Gasteiger partial charge in [0.15, 0.2) is 5.82 Å². The Hall–Kier alpha value is -5.70. The molecule has 15 heteroatoms. The van der Waals surface area contributed by atoms with E-state index in [1.54, 1.807) is 54.7 Å². The van der Waals surface area contributed by atoms with Crippen LogP contribution < -0.4 is 31.7 Å². The lowest BCUT2D eigenvalue weighted by Crippen LogP contribution is -2.48. The van der Waals surface area contributed by atoms with Crippen molar-refractivity contribution in [2.45, 2.75) is 82.3 Å². The number of aromatic nitrogens is 3. The van der Waals surface area contributed by atoms with Gasteiger partial charge in [-0.15, -0.1) is 0 Å². The zero-order chi connectivity index (χ0) is 40.9. The van der Waals surface area contributed by atoms with Crippen molar-refractivity contribution in [2.24, 2.45) is 11.8 Å². The summed E-state index contributed by atoms with van der Waals surface area (Å²) in [6.45, 7) is 4.38. The molecule has 3 saturated heterocycles. The number of carbonyl (C=O) groups is 3. The minimum absolute atomic E-state index is 0.0295. The number of nitrogens with one attached hydrogen (secondary N) is 4. The third-order valence-electron chi connectivity index (χ3n) is 12.3. The first-order valence-electron chi connectivity index (χ1n) is 20.9. The molecule has 4 N–H and O–H groups in total. The minimum atomic E-state index is -0.565. The summed E-state index contributed by atoms with van der Waals surface area (Å²) in [5, 5.41) is 12.1. The molecular weight excluding hydrogens is 757 g/mol. The van der Waals surface area contributed by atoms with E-state index >= 15 is 8.78 Å². The van der Waals surface area contributed by atoms with Gasteiger partial charge in [-0.1, -0.05) is 24.6 Å². The highest BCUT2D eigenvalue weighted by atomic mass is 19.1. The average molecular weight is 808 g/mol. The maximum Gasteiger partial charge on any atom is 0.255 e. The molecule has 0 bridgehead atoms. The van der Waals surface area contributed by atoms with Gasteiger partial charge in [0.2, 0.25) is 23.7 Å². The van der Waals surface area contributed by atoms with Crippen LogP contribution in [0, 0.1) is 23.5 Å². The summed E-state index contributed by atoms with van der Waals surface area (Å²) in [5.74, 6) is -0.788. The molecule has 3 atom stereocenters. The first kappa shape index (κ1) is 40.1. The molecule has 5 heterocycles. The molecule has 1 saturated carbocycles. The van der Waals surface area contributed by atoms with E-state index in [1.807, 2.05) is 0 Å². The molecule has 3 amide bonds. The summed E-state index contributed by atoms with van der Waals surface area (Å²) in [6.07, 6.45) is 10.4. The third-order valence-corrected chi connectivity index (χ3v) is 12.3. The van der Waals surface area contributed by atoms with Crippen molar-refractivity contribution >= 4 is 35.0 Å². The second-order valence-electron chi connectivity index (χ2n) is 16.4. The number of pyridine rings is 1. The number of benzene rings is 2. The van der Waals surface area contributed by atoms with E-state index in [0.717, 1.165) is 83.9 Å². The maximum absolute atomic E-state index is 15.2. The number of hydrogen-bond acceptors (Lipinski definition) is 10. The van der Waals surface area contributed by atoms with E-state index in [2.05, 4.69) is 41.0 Å². The SMILES string of the molecule is O=C1CCC(Nc2ccc(N3CCC(CN4CCC(NC(=O)[C@H]5CCC[C@@H](Nc6ncc(F)c(-c7cccc(-n8ccccc8=O)c7)n6)C5)CC4)CC3)c(F)c2)C(=O)N1. The van der Waals surface area contributed by atoms with Crippen molar-refractivity contribution in [3.63, 3.8) is 0 Å².